The highest BCUT2D eigenvalue weighted by molar-refractivity contribution is 7.86. The second kappa shape index (κ2) is 7.54. The summed E-state index contributed by atoms with van der Waals surface area (Å²) in [5.41, 5.74) is 0.991. The quantitative estimate of drug-likeness (QED) is 0.745. The number of rotatable bonds is 5. The number of halogens is 1. The van der Waals surface area contributed by atoms with E-state index in [9.17, 15) is 12.8 Å². The van der Waals surface area contributed by atoms with Gasteiger partial charge in [-0.25, -0.2) is 4.39 Å². The fourth-order valence-corrected chi connectivity index (χ4v) is 4.04. The Bertz CT molecular complexity index is 810. The fraction of sp³-hybridized carbons (Fsp3) is 0.368. The van der Waals surface area contributed by atoms with Crippen molar-refractivity contribution in [3.8, 4) is 5.75 Å². The van der Waals surface area contributed by atoms with Crippen LogP contribution in [0, 0.1) is 12.7 Å². The number of hydrogen-bond acceptors (Lipinski definition) is 4. The van der Waals surface area contributed by atoms with Crippen LogP contribution in [0.4, 0.5) is 4.39 Å². The highest BCUT2D eigenvalue weighted by Crippen LogP contribution is 2.28. The number of aryl methyl sites for hydroxylation is 1. The SMILES string of the molecule is Cc1ccc(S(=O)(=O)O[C@H]2CC[C@H](Oc3ccccc3F)CC2)cc1. The molecule has 0 atom stereocenters. The maximum absolute atomic E-state index is 13.6. The predicted molar refractivity (Wildman–Crippen MR) is 92.5 cm³/mol. The third kappa shape index (κ3) is 4.58. The molecule has 0 unspecified atom stereocenters. The topological polar surface area (TPSA) is 52.6 Å². The van der Waals surface area contributed by atoms with E-state index < -0.39 is 10.1 Å². The van der Waals surface area contributed by atoms with Crippen LogP contribution >= 0.6 is 0 Å². The molecule has 0 aromatic heterocycles. The van der Waals surface area contributed by atoms with Gasteiger partial charge in [0.05, 0.1) is 17.1 Å². The second-order valence-corrected chi connectivity index (χ2v) is 7.88. The Balaban J connectivity index is 1.55. The van der Waals surface area contributed by atoms with Gasteiger partial charge in [-0.05, 0) is 56.9 Å². The van der Waals surface area contributed by atoms with Crippen LogP contribution in [0.2, 0.25) is 0 Å². The van der Waals surface area contributed by atoms with Crippen molar-refractivity contribution in [1.82, 2.24) is 0 Å². The molecule has 1 aliphatic rings. The van der Waals surface area contributed by atoms with E-state index in [0.717, 1.165) is 5.56 Å². The van der Waals surface area contributed by atoms with Gasteiger partial charge in [0.15, 0.2) is 11.6 Å². The average molecular weight is 364 g/mol. The van der Waals surface area contributed by atoms with Gasteiger partial charge in [0.2, 0.25) is 0 Å². The van der Waals surface area contributed by atoms with Crippen LogP contribution < -0.4 is 4.74 Å². The molecule has 134 valence electrons. The third-order valence-corrected chi connectivity index (χ3v) is 5.70. The van der Waals surface area contributed by atoms with Gasteiger partial charge in [-0.15, -0.1) is 0 Å². The van der Waals surface area contributed by atoms with Crippen molar-refractivity contribution in [3.63, 3.8) is 0 Å². The predicted octanol–water partition coefficient (Wildman–Crippen LogP) is 4.23. The lowest BCUT2D eigenvalue weighted by molar-refractivity contribution is 0.0817. The summed E-state index contributed by atoms with van der Waals surface area (Å²) in [4.78, 5) is 0.169. The van der Waals surface area contributed by atoms with Crippen LogP contribution in [0.25, 0.3) is 0 Å². The van der Waals surface area contributed by atoms with Crippen LogP contribution in [0.5, 0.6) is 5.75 Å². The minimum absolute atomic E-state index is 0.126. The zero-order chi connectivity index (χ0) is 17.9. The smallest absolute Gasteiger partial charge is 0.297 e. The molecular formula is C19H21FO4S. The highest BCUT2D eigenvalue weighted by Gasteiger charge is 2.28. The summed E-state index contributed by atoms with van der Waals surface area (Å²) in [6.07, 6.45) is 1.88. The lowest BCUT2D eigenvalue weighted by atomic mass is 9.95. The molecule has 6 heteroatoms. The summed E-state index contributed by atoms with van der Waals surface area (Å²) in [5.74, 6) is -0.151. The van der Waals surface area contributed by atoms with Gasteiger partial charge < -0.3 is 4.74 Å². The highest BCUT2D eigenvalue weighted by atomic mass is 32.2. The van der Waals surface area contributed by atoms with Gasteiger partial charge in [-0.3, -0.25) is 4.18 Å². The summed E-state index contributed by atoms with van der Waals surface area (Å²) in [5, 5.41) is 0. The molecule has 0 N–H and O–H groups in total. The molecule has 25 heavy (non-hydrogen) atoms. The van der Waals surface area contributed by atoms with E-state index in [1.54, 1.807) is 42.5 Å². The molecule has 0 radical (unpaired) electrons. The number of hydrogen-bond donors (Lipinski definition) is 0. The number of ether oxygens (including phenoxy) is 1. The first-order valence-electron chi connectivity index (χ1n) is 8.35. The van der Waals surface area contributed by atoms with Crippen LogP contribution in [0.1, 0.15) is 31.2 Å². The number of benzene rings is 2. The minimum Gasteiger partial charge on any atom is -0.487 e. The van der Waals surface area contributed by atoms with E-state index in [-0.39, 0.29) is 28.7 Å². The van der Waals surface area contributed by atoms with Gasteiger partial charge in [0.1, 0.15) is 0 Å². The second-order valence-electron chi connectivity index (χ2n) is 6.31. The molecule has 2 aromatic carbocycles. The monoisotopic (exact) mass is 364 g/mol. The van der Waals surface area contributed by atoms with Crippen molar-refractivity contribution in [2.75, 3.05) is 0 Å². The summed E-state index contributed by atoms with van der Waals surface area (Å²) in [6.45, 7) is 1.90. The van der Waals surface area contributed by atoms with Gasteiger partial charge >= 0.3 is 0 Å². The van der Waals surface area contributed by atoms with Crippen molar-refractivity contribution < 1.29 is 21.7 Å². The van der Waals surface area contributed by atoms with E-state index in [2.05, 4.69) is 0 Å². The molecule has 0 bridgehead atoms. The van der Waals surface area contributed by atoms with Crippen molar-refractivity contribution in [3.05, 3.63) is 59.9 Å². The molecule has 1 saturated carbocycles. The molecule has 1 aliphatic carbocycles. The molecule has 4 nitrogen and oxygen atoms in total. The van der Waals surface area contributed by atoms with Crippen LogP contribution in [0.15, 0.2) is 53.4 Å². The van der Waals surface area contributed by atoms with Gasteiger partial charge in [-0.1, -0.05) is 29.8 Å². The van der Waals surface area contributed by atoms with Gasteiger partial charge in [-0.2, -0.15) is 8.42 Å². The Morgan fingerprint density at radius 3 is 2.16 bits per heavy atom. The summed E-state index contributed by atoms with van der Waals surface area (Å²) >= 11 is 0. The van der Waals surface area contributed by atoms with Crippen molar-refractivity contribution in [1.29, 1.82) is 0 Å². The maximum Gasteiger partial charge on any atom is 0.297 e. The largest absolute Gasteiger partial charge is 0.487 e. The molecule has 0 heterocycles. The molecule has 0 saturated heterocycles. The summed E-state index contributed by atoms with van der Waals surface area (Å²) < 4.78 is 49.3. The minimum atomic E-state index is -3.76. The first-order chi connectivity index (χ1) is 11.9. The maximum atomic E-state index is 13.6. The average Bonchev–Trinajstić information content (AvgIpc) is 2.59. The lowest BCUT2D eigenvalue weighted by Crippen LogP contribution is -2.30. The molecular weight excluding hydrogens is 343 g/mol. The molecule has 0 amide bonds. The molecule has 1 fully saturated rings. The van der Waals surface area contributed by atoms with E-state index in [1.807, 2.05) is 6.92 Å². The van der Waals surface area contributed by atoms with Crippen LogP contribution in [-0.4, -0.2) is 20.6 Å². The molecule has 0 aliphatic heterocycles. The fourth-order valence-electron chi connectivity index (χ4n) is 2.91. The third-order valence-electron chi connectivity index (χ3n) is 4.32. The Hall–Kier alpha value is -1.92. The van der Waals surface area contributed by atoms with Crippen molar-refractivity contribution in [2.45, 2.75) is 49.7 Å². The zero-order valence-corrected chi connectivity index (χ0v) is 14.8. The summed E-state index contributed by atoms with van der Waals surface area (Å²) in [6, 6.07) is 12.9. The standard InChI is InChI=1S/C19H21FO4S/c1-14-6-12-17(13-7-14)25(21,22)24-16-10-8-15(9-11-16)23-19-5-3-2-4-18(19)20/h2-7,12-13,15-16H,8-11H2,1H3/t15-,16-. The zero-order valence-electron chi connectivity index (χ0n) is 14.0. The van der Waals surface area contributed by atoms with E-state index in [4.69, 9.17) is 8.92 Å². The normalized spacial score (nSPS) is 21.0. The van der Waals surface area contributed by atoms with E-state index >= 15 is 0 Å². The van der Waals surface area contributed by atoms with Crippen LogP contribution in [0.3, 0.4) is 0 Å². The van der Waals surface area contributed by atoms with Gasteiger partial charge in [0, 0.05) is 0 Å². The molecule has 0 spiro atoms. The van der Waals surface area contributed by atoms with Crippen LogP contribution in [-0.2, 0) is 14.3 Å². The van der Waals surface area contributed by atoms with Gasteiger partial charge in [0.25, 0.3) is 10.1 Å². The first kappa shape index (κ1) is 17.9. The van der Waals surface area contributed by atoms with E-state index in [0.29, 0.717) is 25.7 Å². The lowest BCUT2D eigenvalue weighted by Gasteiger charge is -2.28. The first-order valence-corrected chi connectivity index (χ1v) is 9.76. The van der Waals surface area contributed by atoms with Crippen molar-refractivity contribution >= 4 is 10.1 Å². The van der Waals surface area contributed by atoms with E-state index in [1.165, 1.54) is 6.07 Å². The Morgan fingerprint density at radius 2 is 1.52 bits per heavy atom. The summed E-state index contributed by atoms with van der Waals surface area (Å²) in [7, 11) is -3.76. The Morgan fingerprint density at radius 1 is 0.920 bits per heavy atom. The van der Waals surface area contributed by atoms with Crippen molar-refractivity contribution in [2.24, 2.45) is 0 Å². The Kier molecular flexibility index (Phi) is 5.39. The Labute approximate surface area is 147 Å². The molecule has 2 aromatic rings. The number of para-hydroxylation sites is 1. The molecule has 3 rings (SSSR count).